The summed E-state index contributed by atoms with van der Waals surface area (Å²) in [5.41, 5.74) is 1.72. The molecule has 2 aromatic rings. The number of hydrogen-bond acceptors (Lipinski definition) is 5. The number of nitrogens with one attached hydrogen (secondary N) is 1. The van der Waals surface area contributed by atoms with Crippen molar-refractivity contribution < 1.29 is 14.8 Å². The first-order chi connectivity index (χ1) is 12.9. The maximum atomic E-state index is 11.2. The monoisotopic (exact) mass is 436 g/mol. The van der Waals surface area contributed by atoms with Gasteiger partial charge in [0.25, 0.3) is 5.69 Å². The predicted octanol–water partition coefficient (Wildman–Crippen LogP) is 4.26. The van der Waals surface area contributed by atoms with Gasteiger partial charge in [0.15, 0.2) is 0 Å². The molecule has 3 atom stereocenters. The second-order valence-electron chi connectivity index (χ2n) is 6.64. The molecule has 0 heterocycles. The molecule has 0 aliphatic carbocycles. The van der Waals surface area contributed by atoms with Crippen molar-refractivity contribution >= 4 is 21.6 Å². The van der Waals surface area contributed by atoms with Gasteiger partial charge < -0.3 is 15.2 Å². The average Bonchev–Trinajstić information content (AvgIpc) is 2.66. The molecule has 0 fully saturated rings. The van der Waals surface area contributed by atoms with Gasteiger partial charge in [0.1, 0.15) is 5.75 Å². The molecule has 2 aromatic carbocycles. The molecule has 0 radical (unpaired) electrons. The minimum atomic E-state index is -0.344. The molecule has 7 heteroatoms. The number of benzene rings is 2. The number of nitrogens with zero attached hydrogens (tertiary/aromatic N) is 1. The largest absolute Gasteiger partial charge is 0.496 e. The number of aliphatic hydroxyl groups excluding tert-OH is 1. The van der Waals surface area contributed by atoms with E-state index < -0.39 is 0 Å². The topological polar surface area (TPSA) is 84.6 Å². The van der Waals surface area contributed by atoms with Gasteiger partial charge in [0, 0.05) is 27.7 Å². The molecular formula is C20H25BrN2O4. The molecule has 0 amide bonds. The number of ether oxygens (including phenoxy) is 1. The fourth-order valence-corrected chi connectivity index (χ4v) is 3.46. The fraction of sp³-hybridized carbons (Fsp3) is 0.400. The summed E-state index contributed by atoms with van der Waals surface area (Å²) < 4.78 is 6.32. The molecule has 2 N–H and O–H groups in total. The quantitative estimate of drug-likeness (QED) is 0.453. The Kier molecular flexibility index (Phi) is 7.77. The molecule has 0 bridgehead atoms. The molecule has 0 unspecified atom stereocenters. The fourth-order valence-electron chi connectivity index (χ4n) is 3.09. The van der Waals surface area contributed by atoms with Crippen molar-refractivity contribution in [3.63, 3.8) is 0 Å². The van der Waals surface area contributed by atoms with Crippen molar-refractivity contribution in [2.45, 2.75) is 32.4 Å². The maximum absolute atomic E-state index is 11.2. The third kappa shape index (κ3) is 5.51. The highest BCUT2D eigenvalue weighted by atomic mass is 79.9. The lowest BCUT2D eigenvalue weighted by atomic mass is 9.93. The standard InChI is InChI=1S/C20H25BrN2O4/c1-13(10-15-6-4-5-7-19(15)23(25)26)14(2)22-18(12-24)17-11-16(21)8-9-20(17)27-3/h4-9,11,13-14,18,22,24H,10,12H2,1-3H3/t13-,14+,18-/m0/s1. The van der Waals surface area contributed by atoms with E-state index in [-0.39, 0.29) is 35.2 Å². The molecule has 0 aromatic heterocycles. The maximum Gasteiger partial charge on any atom is 0.272 e. The molecule has 0 aliphatic heterocycles. The number of rotatable bonds is 9. The van der Waals surface area contributed by atoms with E-state index in [9.17, 15) is 15.2 Å². The number of methoxy groups -OCH3 is 1. The Balaban J connectivity index is 2.14. The predicted molar refractivity (Wildman–Crippen MR) is 109 cm³/mol. The Bertz CT molecular complexity index is 784. The van der Waals surface area contributed by atoms with E-state index in [4.69, 9.17) is 4.74 Å². The van der Waals surface area contributed by atoms with Crippen molar-refractivity contribution in [1.82, 2.24) is 5.32 Å². The summed E-state index contributed by atoms with van der Waals surface area (Å²) in [5.74, 6) is 0.821. The van der Waals surface area contributed by atoms with Crippen molar-refractivity contribution in [2.24, 2.45) is 5.92 Å². The van der Waals surface area contributed by atoms with Crippen LogP contribution in [-0.4, -0.2) is 29.8 Å². The van der Waals surface area contributed by atoms with E-state index in [0.717, 1.165) is 10.0 Å². The van der Waals surface area contributed by atoms with Gasteiger partial charge in [0.2, 0.25) is 0 Å². The van der Waals surface area contributed by atoms with Crippen LogP contribution in [0, 0.1) is 16.0 Å². The van der Waals surface area contributed by atoms with Crippen LogP contribution in [0.5, 0.6) is 5.75 Å². The van der Waals surface area contributed by atoms with Gasteiger partial charge in [0.05, 0.1) is 24.7 Å². The summed E-state index contributed by atoms with van der Waals surface area (Å²) in [7, 11) is 1.60. The number of hydrogen-bond donors (Lipinski definition) is 2. The van der Waals surface area contributed by atoms with E-state index >= 15 is 0 Å². The van der Waals surface area contributed by atoms with Gasteiger partial charge in [-0.3, -0.25) is 10.1 Å². The highest BCUT2D eigenvalue weighted by molar-refractivity contribution is 9.10. The zero-order valence-electron chi connectivity index (χ0n) is 15.7. The first-order valence-electron chi connectivity index (χ1n) is 8.80. The highest BCUT2D eigenvalue weighted by Gasteiger charge is 2.23. The van der Waals surface area contributed by atoms with Gasteiger partial charge >= 0.3 is 0 Å². The van der Waals surface area contributed by atoms with Crippen molar-refractivity contribution in [3.8, 4) is 5.75 Å². The molecule has 0 spiro atoms. The van der Waals surface area contributed by atoms with Crippen LogP contribution in [0.3, 0.4) is 0 Å². The molecule has 6 nitrogen and oxygen atoms in total. The zero-order valence-corrected chi connectivity index (χ0v) is 17.3. The van der Waals surface area contributed by atoms with Crippen LogP contribution >= 0.6 is 15.9 Å². The molecule has 0 saturated heterocycles. The Morgan fingerprint density at radius 3 is 2.59 bits per heavy atom. The van der Waals surface area contributed by atoms with E-state index in [2.05, 4.69) is 21.2 Å². The molecule has 2 rings (SSSR count). The third-order valence-corrected chi connectivity index (χ3v) is 5.29. The molecule has 0 saturated carbocycles. The highest BCUT2D eigenvalue weighted by Crippen LogP contribution is 2.30. The van der Waals surface area contributed by atoms with Gasteiger partial charge in [-0.1, -0.05) is 41.1 Å². The SMILES string of the molecule is COc1ccc(Br)cc1[C@H](CO)N[C@H](C)[C@@H](C)Cc1ccccc1[N+](=O)[O-]. The minimum Gasteiger partial charge on any atom is -0.496 e. The van der Waals surface area contributed by atoms with Crippen molar-refractivity contribution in [1.29, 1.82) is 0 Å². The van der Waals surface area contributed by atoms with Crippen LogP contribution in [0.4, 0.5) is 5.69 Å². The minimum absolute atomic E-state index is 0.0191. The molecular weight excluding hydrogens is 412 g/mol. The molecule has 146 valence electrons. The Labute approximate surface area is 167 Å². The number of nitro benzene ring substituents is 1. The number of nitro groups is 1. The number of aliphatic hydroxyl groups is 1. The van der Waals surface area contributed by atoms with Crippen molar-refractivity contribution in [2.75, 3.05) is 13.7 Å². The second-order valence-corrected chi connectivity index (χ2v) is 7.56. The van der Waals surface area contributed by atoms with Crippen LogP contribution in [0.15, 0.2) is 46.9 Å². The first kappa shape index (κ1) is 21.3. The van der Waals surface area contributed by atoms with Crippen LogP contribution in [0.1, 0.15) is 31.0 Å². The second kappa shape index (κ2) is 9.82. The molecule has 0 aliphatic rings. The normalized spacial score (nSPS) is 14.4. The van der Waals surface area contributed by atoms with E-state index in [0.29, 0.717) is 17.7 Å². The van der Waals surface area contributed by atoms with Gasteiger partial charge in [-0.05, 0) is 37.5 Å². The Morgan fingerprint density at radius 2 is 1.96 bits per heavy atom. The van der Waals surface area contributed by atoms with Gasteiger partial charge in [-0.15, -0.1) is 0 Å². The van der Waals surface area contributed by atoms with Gasteiger partial charge in [-0.2, -0.15) is 0 Å². The summed E-state index contributed by atoms with van der Waals surface area (Å²) in [6.45, 7) is 3.98. The summed E-state index contributed by atoms with van der Waals surface area (Å²) in [6.07, 6.45) is 0.569. The number of para-hydroxylation sites is 1. The van der Waals surface area contributed by atoms with Crippen LogP contribution in [0.2, 0.25) is 0 Å². The Hall–Kier alpha value is -1.96. The lowest BCUT2D eigenvalue weighted by Crippen LogP contribution is -2.38. The lowest BCUT2D eigenvalue weighted by molar-refractivity contribution is -0.385. The van der Waals surface area contributed by atoms with Gasteiger partial charge in [-0.25, -0.2) is 0 Å². The summed E-state index contributed by atoms with van der Waals surface area (Å²) >= 11 is 3.46. The van der Waals surface area contributed by atoms with E-state index in [1.54, 1.807) is 19.2 Å². The summed E-state index contributed by atoms with van der Waals surface area (Å²) in [5, 5.41) is 24.6. The zero-order chi connectivity index (χ0) is 20.0. The smallest absolute Gasteiger partial charge is 0.272 e. The molecule has 27 heavy (non-hydrogen) atoms. The Morgan fingerprint density at radius 1 is 1.26 bits per heavy atom. The van der Waals surface area contributed by atoms with E-state index in [1.165, 1.54) is 6.07 Å². The van der Waals surface area contributed by atoms with Crippen LogP contribution in [0.25, 0.3) is 0 Å². The lowest BCUT2D eigenvalue weighted by Gasteiger charge is -2.27. The van der Waals surface area contributed by atoms with Crippen molar-refractivity contribution in [3.05, 3.63) is 68.2 Å². The van der Waals surface area contributed by atoms with Crippen LogP contribution in [-0.2, 0) is 6.42 Å². The number of halogens is 1. The first-order valence-corrected chi connectivity index (χ1v) is 9.59. The van der Waals surface area contributed by atoms with Crippen LogP contribution < -0.4 is 10.1 Å². The third-order valence-electron chi connectivity index (χ3n) is 4.80. The summed E-state index contributed by atoms with van der Waals surface area (Å²) in [4.78, 5) is 10.9. The summed E-state index contributed by atoms with van der Waals surface area (Å²) in [6, 6.07) is 12.2. The average molecular weight is 437 g/mol. The van der Waals surface area contributed by atoms with E-state index in [1.807, 2.05) is 38.1 Å².